The van der Waals surface area contributed by atoms with E-state index in [2.05, 4.69) is 26.6 Å². The van der Waals surface area contributed by atoms with Gasteiger partial charge < -0.3 is 10.1 Å². The van der Waals surface area contributed by atoms with E-state index in [0.717, 1.165) is 30.8 Å². The Hall–Kier alpha value is -1.95. The summed E-state index contributed by atoms with van der Waals surface area (Å²) in [5, 5.41) is 8.00. The molecule has 0 radical (unpaired) electrons. The number of nitrogens with one attached hydrogen (secondary N) is 1. The van der Waals surface area contributed by atoms with Gasteiger partial charge >= 0.3 is 0 Å². The van der Waals surface area contributed by atoms with Crippen molar-refractivity contribution in [2.45, 2.75) is 31.9 Å². The minimum atomic E-state index is 0.276. The largest absolute Gasteiger partial charge is 0.378 e. The predicted octanol–water partition coefficient (Wildman–Crippen LogP) is 1.85. The predicted molar refractivity (Wildman–Crippen MR) is 75.3 cm³/mol. The standard InChI is InChI=1S/C14H19N5O/c1-19-7-11-12(4-3-5-13(11)18-19)17-14-6-10(8-20-2)15-9-16-14/h6-7,9,12H,3-5,8H2,1-2H3,(H,15,16,17). The lowest BCUT2D eigenvalue weighted by atomic mass is 9.93. The summed E-state index contributed by atoms with van der Waals surface area (Å²) in [4.78, 5) is 8.47. The minimum Gasteiger partial charge on any atom is -0.378 e. The molecule has 1 atom stereocenters. The van der Waals surface area contributed by atoms with E-state index >= 15 is 0 Å². The van der Waals surface area contributed by atoms with E-state index in [-0.39, 0.29) is 6.04 Å². The van der Waals surface area contributed by atoms with E-state index in [1.165, 1.54) is 11.3 Å². The molecule has 0 bridgehead atoms. The van der Waals surface area contributed by atoms with Crippen molar-refractivity contribution < 1.29 is 4.74 Å². The van der Waals surface area contributed by atoms with E-state index in [0.29, 0.717) is 6.61 Å². The third kappa shape index (κ3) is 2.65. The Balaban J connectivity index is 1.80. The van der Waals surface area contributed by atoms with E-state index in [1.807, 2.05) is 17.8 Å². The summed E-state index contributed by atoms with van der Waals surface area (Å²) in [6.07, 6.45) is 6.99. The Morgan fingerprint density at radius 3 is 3.20 bits per heavy atom. The highest BCUT2D eigenvalue weighted by Crippen LogP contribution is 2.31. The Morgan fingerprint density at radius 1 is 1.45 bits per heavy atom. The zero-order chi connectivity index (χ0) is 13.9. The van der Waals surface area contributed by atoms with Gasteiger partial charge in [-0.15, -0.1) is 0 Å². The Kier molecular flexibility index (Phi) is 3.64. The first-order valence-corrected chi connectivity index (χ1v) is 6.85. The number of nitrogens with zero attached hydrogens (tertiary/aromatic N) is 4. The van der Waals surface area contributed by atoms with Gasteiger partial charge in [0.2, 0.25) is 0 Å². The molecule has 3 rings (SSSR count). The number of hydrogen-bond acceptors (Lipinski definition) is 5. The quantitative estimate of drug-likeness (QED) is 0.921. The zero-order valence-corrected chi connectivity index (χ0v) is 11.8. The van der Waals surface area contributed by atoms with Crippen LogP contribution < -0.4 is 5.32 Å². The first-order chi connectivity index (χ1) is 9.76. The monoisotopic (exact) mass is 273 g/mol. The molecule has 2 aromatic rings. The fraction of sp³-hybridized carbons (Fsp3) is 0.500. The van der Waals surface area contributed by atoms with Gasteiger partial charge in [-0.25, -0.2) is 9.97 Å². The number of fused-ring (bicyclic) bond motifs is 1. The summed E-state index contributed by atoms with van der Waals surface area (Å²) in [7, 11) is 3.63. The van der Waals surface area contributed by atoms with Gasteiger partial charge in [0.05, 0.1) is 24.0 Å². The smallest absolute Gasteiger partial charge is 0.130 e. The summed E-state index contributed by atoms with van der Waals surface area (Å²) in [6.45, 7) is 0.500. The van der Waals surface area contributed by atoms with Crippen molar-refractivity contribution >= 4 is 5.82 Å². The van der Waals surface area contributed by atoms with Crippen molar-refractivity contribution in [1.29, 1.82) is 0 Å². The zero-order valence-electron chi connectivity index (χ0n) is 11.8. The summed E-state index contributed by atoms with van der Waals surface area (Å²) >= 11 is 0. The molecule has 20 heavy (non-hydrogen) atoms. The normalized spacial score (nSPS) is 17.8. The Labute approximate surface area is 118 Å². The van der Waals surface area contributed by atoms with Crippen molar-refractivity contribution in [3.05, 3.63) is 35.5 Å². The van der Waals surface area contributed by atoms with Gasteiger partial charge in [0.1, 0.15) is 12.1 Å². The van der Waals surface area contributed by atoms with Crippen molar-refractivity contribution in [1.82, 2.24) is 19.7 Å². The maximum atomic E-state index is 5.10. The number of methoxy groups -OCH3 is 1. The molecule has 0 amide bonds. The van der Waals surface area contributed by atoms with Crippen molar-refractivity contribution in [2.24, 2.45) is 7.05 Å². The molecule has 0 saturated heterocycles. The lowest BCUT2D eigenvalue weighted by Crippen LogP contribution is -2.17. The van der Waals surface area contributed by atoms with Gasteiger partial charge in [0.15, 0.2) is 0 Å². The number of anilines is 1. The van der Waals surface area contributed by atoms with Crippen LogP contribution in [0.4, 0.5) is 5.82 Å². The minimum absolute atomic E-state index is 0.276. The van der Waals surface area contributed by atoms with Crippen LogP contribution in [0.25, 0.3) is 0 Å². The lowest BCUT2D eigenvalue weighted by Gasteiger charge is -2.23. The van der Waals surface area contributed by atoms with Gasteiger partial charge in [0.25, 0.3) is 0 Å². The number of aryl methyl sites for hydroxylation is 2. The fourth-order valence-corrected chi connectivity index (χ4v) is 2.70. The third-order valence-electron chi connectivity index (χ3n) is 3.56. The van der Waals surface area contributed by atoms with Crippen LogP contribution in [0.2, 0.25) is 0 Å². The topological polar surface area (TPSA) is 64.9 Å². The van der Waals surface area contributed by atoms with Crippen molar-refractivity contribution in [3.8, 4) is 0 Å². The summed E-state index contributed by atoms with van der Waals surface area (Å²) in [6, 6.07) is 2.21. The molecule has 106 valence electrons. The molecule has 1 N–H and O–H groups in total. The molecule has 6 nitrogen and oxygen atoms in total. The number of ether oxygens (including phenoxy) is 1. The van der Waals surface area contributed by atoms with E-state index in [4.69, 9.17) is 4.74 Å². The molecular weight excluding hydrogens is 254 g/mol. The summed E-state index contributed by atoms with van der Waals surface area (Å²) in [5.41, 5.74) is 3.36. The molecule has 1 unspecified atom stereocenters. The Bertz CT molecular complexity index is 595. The average molecular weight is 273 g/mol. The van der Waals surface area contributed by atoms with Crippen LogP contribution in [0.1, 0.15) is 35.8 Å². The highest BCUT2D eigenvalue weighted by Gasteiger charge is 2.23. The van der Waals surface area contributed by atoms with Gasteiger partial charge in [-0.1, -0.05) is 0 Å². The van der Waals surface area contributed by atoms with Crippen molar-refractivity contribution in [3.63, 3.8) is 0 Å². The van der Waals surface area contributed by atoms with Gasteiger partial charge in [0, 0.05) is 32.0 Å². The molecule has 1 aliphatic rings. The molecule has 2 heterocycles. The van der Waals surface area contributed by atoms with E-state index in [1.54, 1.807) is 13.4 Å². The van der Waals surface area contributed by atoms with E-state index < -0.39 is 0 Å². The van der Waals surface area contributed by atoms with Crippen LogP contribution in [0.3, 0.4) is 0 Å². The van der Waals surface area contributed by atoms with Gasteiger partial charge in [-0.2, -0.15) is 5.10 Å². The maximum Gasteiger partial charge on any atom is 0.130 e. The Morgan fingerprint density at radius 2 is 2.35 bits per heavy atom. The van der Waals surface area contributed by atoms with Crippen molar-refractivity contribution in [2.75, 3.05) is 12.4 Å². The SMILES string of the molecule is COCc1cc(NC2CCCc3nn(C)cc32)ncn1. The molecule has 2 aromatic heterocycles. The van der Waals surface area contributed by atoms with Crippen LogP contribution in [-0.4, -0.2) is 26.9 Å². The van der Waals surface area contributed by atoms with Crippen LogP contribution >= 0.6 is 0 Å². The molecule has 0 aromatic carbocycles. The molecule has 0 saturated carbocycles. The molecule has 0 fully saturated rings. The van der Waals surface area contributed by atoms with Crippen LogP contribution in [0, 0.1) is 0 Å². The van der Waals surface area contributed by atoms with Crippen LogP contribution in [-0.2, 0) is 24.8 Å². The molecule has 6 heteroatoms. The van der Waals surface area contributed by atoms with Crippen LogP contribution in [0.15, 0.2) is 18.6 Å². The molecular formula is C14H19N5O. The first-order valence-electron chi connectivity index (χ1n) is 6.85. The fourth-order valence-electron chi connectivity index (χ4n) is 2.70. The number of rotatable bonds is 4. The second-order valence-electron chi connectivity index (χ2n) is 5.12. The lowest BCUT2D eigenvalue weighted by molar-refractivity contribution is 0.181. The molecule has 0 aliphatic heterocycles. The van der Waals surface area contributed by atoms with Crippen LogP contribution in [0.5, 0.6) is 0 Å². The highest BCUT2D eigenvalue weighted by atomic mass is 16.5. The second-order valence-corrected chi connectivity index (χ2v) is 5.12. The summed E-state index contributed by atoms with van der Waals surface area (Å²) < 4.78 is 6.99. The number of aromatic nitrogens is 4. The maximum absolute atomic E-state index is 5.10. The highest BCUT2D eigenvalue weighted by molar-refractivity contribution is 5.40. The number of hydrogen-bond donors (Lipinski definition) is 1. The van der Waals surface area contributed by atoms with Gasteiger partial charge in [-0.05, 0) is 19.3 Å². The molecule has 1 aliphatic carbocycles. The average Bonchev–Trinajstić information content (AvgIpc) is 2.81. The first kappa shape index (κ1) is 13.1. The summed E-state index contributed by atoms with van der Waals surface area (Å²) in [5.74, 6) is 0.841. The third-order valence-corrected chi connectivity index (χ3v) is 3.56. The van der Waals surface area contributed by atoms with E-state index in [9.17, 15) is 0 Å². The second kappa shape index (κ2) is 5.58. The molecule has 0 spiro atoms. The van der Waals surface area contributed by atoms with Gasteiger partial charge in [-0.3, -0.25) is 4.68 Å².